The summed E-state index contributed by atoms with van der Waals surface area (Å²) in [6, 6.07) is 1.06. The van der Waals surface area contributed by atoms with Gasteiger partial charge in [0.15, 0.2) is 5.65 Å². The van der Waals surface area contributed by atoms with Crippen LogP contribution < -0.4 is 5.73 Å². The first-order chi connectivity index (χ1) is 7.30. The summed E-state index contributed by atoms with van der Waals surface area (Å²) in [5, 5.41) is 0. The van der Waals surface area contributed by atoms with Gasteiger partial charge in [-0.1, -0.05) is 0 Å². The fourth-order valence-corrected chi connectivity index (χ4v) is 2.04. The molecule has 0 unspecified atom stereocenters. The van der Waals surface area contributed by atoms with Crippen molar-refractivity contribution in [3.63, 3.8) is 0 Å². The fraction of sp³-hybridized carbons (Fsp3) is 0.222. The molecule has 2 rings (SSSR count). The smallest absolute Gasteiger partial charge is 0.383 e. The number of nitrogen functional groups attached to an aromatic ring is 1. The highest BCUT2D eigenvalue weighted by molar-refractivity contribution is 14.1. The van der Waals surface area contributed by atoms with Crippen LogP contribution in [-0.4, -0.2) is 9.38 Å². The van der Waals surface area contributed by atoms with Crippen molar-refractivity contribution in [2.75, 3.05) is 5.73 Å². The first-order valence-corrected chi connectivity index (χ1v) is 5.39. The van der Waals surface area contributed by atoms with Crippen molar-refractivity contribution in [2.24, 2.45) is 0 Å². The van der Waals surface area contributed by atoms with Crippen LogP contribution in [0.4, 0.5) is 19.0 Å². The van der Waals surface area contributed by atoms with E-state index < -0.39 is 11.7 Å². The number of alkyl halides is 3. The molecule has 2 aromatic heterocycles. The molecule has 2 aromatic rings. The number of rotatable bonds is 0. The van der Waals surface area contributed by atoms with E-state index in [1.165, 1.54) is 10.6 Å². The van der Waals surface area contributed by atoms with Crippen LogP contribution in [0.2, 0.25) is 0 Å². The lowest BCUT2D eigenvalue weighted by Crippen LogP contribution is -2.09. The van der Waals surface area contributed by atoms with Crippen molar-refractivity contribution >= 4 is 34.1 Å². The van der Waals surface area contributed by atoms with Crippen LogP contribution in [0.1, 0.15) is 11.3 Å². The number of aryl methyl sites for hydroxylation is 1. The molecule has 2 N–H and O–H groups in total. The normalized spacial score (nSPS) is 12.3. The zero-order chi connectivity index (χ0) is 12.1. The van der Waals surface area contributed by atoms with E-state index in [4.69, 9.17) is 5.73 Å². The summed E-state index contributed by atoms with van der Waals surface area (Å²) in [5.41, 5.74) is 5.13. The van der Waals surface area contributed by atoms with Crippen LogP contribution in [0, 0.1) is 10.5 Å². The molecule has 3 nitrogen and oxygen atoms in total. The third kappa shape index (κ3) is 1.72. The molecule has 0 spiro atoms. The number of nitrogens with zero attached hydrogens (tertiary/aromatic N) is 2. The van der Waals surface area contributed by atoms with Crippen molar-refractivity contribution < 1.29 is 13.2 Å². The van der Waals surface area contributed by atoms with Gasteiger partial charge in [0, 0.05) is 9.77 Å². The summed E-state index contributed by atoms with van der Waals surface area (Å²) in [6.45, 7) is 1.58. The summed E-state index contributed by atoms with van der Waals surface area (Å²) < 4.78 is 39.9. The Morgan fingerprint density at radius 1 is 1.44 bits per heavy atom. The lowest BCUT2D eigenvalue weighted by Gasteiger charge is -2.08. The lowest BCUT2D eigenvalue weighted by molar-refractivity contribution is -0.136. The molecule has 2 heterocycles. The van der Waals surface area contributed by atoms with Crippen LogP contribution in [0.5, 0.6) is 0 Å². The van der Waals surface area contributed by atoms with Gasteiger partial charge < -0.3 is 5.73 Å². The number of hydrogen-bond donors (Lipinski definition) is 1. The third-order valence-corrected chi connectivity index (χ3v) is 2.80. The van der Waals surface area contributed by atoms with Gasteiger partial charge in [0.1, 0.15) is 5.82 Å². The Labute approximate surface area is 103 Å². The van der Waals surface area contributed by atoms with Crippen LogP contribution >= 0.6 is 22.6 Å². The Hall–Kier alpha value is -0.990. The molecule has 0 aliphatic heterocycles. The Morgan fingerprint density at radius 2 is 2.06 bits per heavy atom. The maximum absolute atomic E-state index is 12.7. The monoisotopic (exact) mass is 341 g/mol. The average Bonchev–Trinajstić information content (AvgIpc) is 2.42. The van der Waals surface area contributed by atoms with Crippen LogP contribution in [-0.2, 0) is 6.18 Å². The molecule has 0 aliphatic carbocycles. The minimum Gasteiger partial charge on any atom is -0.383 e. The minimum absolute atomic E-state index is 0.150. The summed E-state index contributed by atoms with van der Waals surface area (Å²) >= 11 is 1.82. The Bertz CT molecular complexity index is 559. The molecular formula is C9H7F3IN3. The minimum atomic E-state index is -4.42. The number of nitrogens with two attached hydrogens (primary N) is 1. The highest BCUT2D eigenvalue weighted by atomic mass is 127. The van der Waals surface area contributed by atoms with Gasteiger partial charge in [-0.3, -0.25) is 4.40 Å². The maximum atomic E-state index is 12.7. The number of aromatic nitrogens is 2. The van der Waals surface area contributed by atoms with Crippen molar-refractivity contribution in [3.8, 4) is 0 Å². The van der Waals surface area contributed by atoms with E-state index in [1.807, 2.05) is 22.6 Å². The Morgan fingerprint density at radius 3 is 2.62 bits per heavy atom. The quantitative estimate of drug-likeness (QED) is 0.749. The zero-order valence-electron chi connectivity index (χ0n) is 8.14. The molecule has 0 bridgehead atoms. The summed E-state index contributed by atoms with van der Waals surface area (Å²) in [5.74, 6) is 0.235. The van der Waals surface area contributed by atoms with Gasteiger partial charge in [0.2, 0.25) is 0 Å². The van der Waals surface area contributed by atoms with E-state index in [-0.39, 0.29) is 11.5 Å². The number of hydrogen-bond acceptors (Lipinski definition) is 2. The first-order valence-electron chi connectivity index (χ1n) is 4.31. The third-order valence-electron chi connectivity index (χ3n) is 2.21. The standard InChI is InChI=1S/C9H7F3IN3/c1-4-7(14)16-3-5(13)2-6(8(16)15-4)9(10,11)12/h2-3H,14H2,1H3. The van der Waals surface area contributed by atoms with Gasteiger partial charge in [0.05, 0.1) is 11.3 Å². The highest BCUT2D eigenvalue weighted by Crippen LogP contribution is 2.34. The zero-order valence-corrected chi connectivity index (χ0v) is 10.3. The van der Waals surface area contributed by atoms with Crippen LogP contribution in [0.15, 0.2) is 12.3 Å². The van der Waals surface area contributed by atoms with Crippen molar-refractivity contribution in [1.29, 1.82) is 0 Å². The van der Waals surface area contributed by atoms with Gasteiger partial charge in [-0.25, -0.2) is 4.98 Å². The molecule has 0 atom stereocenters. The number of anilines is 1. The predicted molar refractivity (Wildman–Crippen MR) is 62.1 cm³/mol. The van der Waals surface area contributed by atoms with Gasteiger partial charge in [-0.05, 0) is 35.6 Å². The molecule has 0 aromatic carbocycles. The number of fused-ring (bicyclic) bond motifs is 1. The highest BCUT2D eigenvalue weighted by Gasteiger charge is 2.34. The molecular weight excluding hydrogens is 334 g/mol. The number of imidazole rings is 1. The average molecular weight is 341 g/mol. The van der Waals surface area contributed by atoms with Crippen LogP contribution in [0.25, 0.3) is 5.65 Å². The molecule has 0 fully saturated rings. The van der Waals surface area contributed by atoms with E-state index in [0.717, 1.165) is 6.07 Å². The number of pyridine rings is 1. The molecule has 7 heteroatoms. The maximum Gasteiger partial charge on any atom is 0.420 e. The Kier molecular flexibility index (Phi) is 2.52. The van der Waals surface area contributed by atoms with Gasteiger partial charge >= 0.3 is 6.18 Å². The summed E-state index contributed by atoms with van der Waals surface area (Å²) in [6.07, 6.45) is -2.90. The van der Waals surface area contributed by atoms with E-state index in [0.29, 0.717) is 9.26 Å². The number of halogens is 4. The van der Waals surface area contributed by atoms with Gasteiger partial charge in [-0.15, -0.1) is 0 Å². The molecule has 86 valence electrons. The van der Waals surface area contributed by atoms with E-state index in [2.05, 4.69) is 4.98 Å². The molecule has 0 saturated carbocycles. The molecule has 0 aliphatic rings. The molecule has 0 amide bonds. The van der Waals surface area contributed by atoms with Crippen LogP contribution in [0.3, 0.4) is 0 Å². The Balaban J connectivity index is 2.89. The molecule has 0 radical (unpaired) electrons. The predicted octanol–water partition coefficient (Wildman–Crippen LogP) is 2.85. The second-order valence-electron chi connectivity index (χ2n) is 3.35. The van der Waals surface area contributed by atoms with E-state index in [9.17, 15) is 13.2 Å². The van der Waals surface area contributed by atoms with Gasteiger partial charge in [0.25, 0.3) is 0 Å². The second-order valence-corrected chi connectivity index (χ2v) is 4.59. The largest absolute Gasteiger partial charge is 0.420 e. The summed E-state index contributed by atoms with van der Waals surface area (Å²) in [7, 11) is 0. The van der Waals surface area contributed by atoms with E-state index in [1.54, 1.807) is 6.92 Å². The van der Waals surface area contributed by atoms with E-state index >= 15 is 0 Å². The molecule has 16 heavy (non-hydrogen) atoms. The second kappa shape index (κ2) is 3.51. The fourth-order valence-electron chi connectivity index (χ4n) is 1.45. The SMILES string of the molecule is Cc1nc2c(C(F)(F)F)cc(I)cn2c1N. The first kappa shape index (κ1) is 11.5. The lowest BCUT2D eigenvalue weighted by atomic mass is 10.2. The summed E-state index contributed by atoms with van der Waals surface area (Å²) in [4.78, 5) is 3.83. The molecule has 0 saturated heterocycles. The van der Waals surface area contributed by atoms with Crippen molar-refractivity contribution in [3.05, 3.63) is 27.1 Å². The van der Waals surface area contributed by atoms with Crippen molar-refractivity contribution in [1.82, 2.24) is 9.38 Å². The van der Waals surface area contributed by atoms with Crippen molar-refractivity contribution in [2.45, 2.75) is 13.1 Å². The van der Waals surface area contributed by atoms with Gasteiger partial charge in [-0.2, -0.15) is 13.2 Å². The topological polar surface area (TPSA) is 43.3 Å².